The Bertz CT molecular complexity index is 1090. The summed E-state index contributed by atoms with van der Waals surface area (Å²) in [5.74, 6) is 1.33. The van der Waals surface area contributed by atoms with E-state index in [1.54, 1.807) is 11.6 Å². The molecule has 1 fully saturated rings. The first-order chi connectivity index (χ1) is 15.5. The lowest BCUT2D eigenvalue weighted by Crippen LogP contribution is -2.44. The number of carbonyl (C=O) groups excluding carboxylic acids is 1. The molecular weight excluding hydrogens is 410 g/mol. The molecule has 2 aromatic heterocycles. The number of nitrogens with two attached hydrogens (primary N) is 1. The molecule has 0 radical (unpaired) electrons. The normalized spacial score (nSPS) is 15.6. The van der Waals surface area contributed by atoms with Crippen molar-refractivity contribution < 1.29 is 14.3 Å². The third-order valence-electron chi connectivity index (χ3n) is 5.88. The van der Waals surface area contributed by atoms with Crippen LogP contribution in [0.3, 0.4) is 0 Å². The summed E-state index contributed by atoms with van der Waals surface area (Å²) in [5.41, 5.74) is 9.21. The Morgan fingerprint density at radius 2 is 1.94 bits per heavy atom. The Kier molecular flexibility index (Phi) is 6.52. The van der Waals surface area contributed by atoms with E-state index in [9.17, 15) is 4.79 Å². The number of hydrogen-bond acceptors (Lipinski definition) is 8. The molecule has 0 aliphatic carbocycles. The molecule has 1 aromatic carbocycles. The van der Waals surface area contributed by atoms with Crippen molar-refractivity contribution in [1.29, 1.82) is 0 Å². The summed E-state index contributed by atoms with van der Waals surface area (Å²) in [4.78, 5) is 23.8. The van der Waals surface area contributed by atoms with E-state index in [1.807, 2.05) is 38.1 Å². The van der Waals surface area contributed by atoms with E-state index >= 15 is 0 Å². The Balaban J connectivity index is 1.49. The second-order valence-corrected chi connectivity index (χ2v) is 7.86. The Labute approximate surface area is 186 Å². The maximum Gasteiger partial charge on any atom is 0.254 e. The molecular formula is C22H29N7O3. The lowest BCUT2D eigenvalue weighted by Gasteiger charge is -2.35. The second-order valence-electron chi connectivity index (χ2n) is 7.86. The van der Waals surface area contributed by atoms with Gasteiger partial charge in [0.25, 0.3) is 5.78 Å². The molecule has 0 bridgehead atoms. The predicted molar refractivity (Wildman–Crippen MR) is 120 cm³/mol. The number of methoxy groups -OCH3 is 1. The predicted octanol–water partition coefficient (Wildman–Crippen LogP) is 1.06. The highest BCUT2D eigenvalue weighted by atomic mass is 16.5. The van der Waals surface area contributed by atoms with Gasteiger partial charge < -0.3 is 20.5 Å². The van der Waals surface area contributed by atoms with Gasteiger partial charge in [-0.15, -0.1) is 5.10 Å². The van der Waals surface area contributed by atoms with Crippen LogP contribution >= 0.6 is 0 Å². The molecule has 1 aliphatic heterocycles. The van der Waals surface area contributed by atoms with Crippen molar-refractivity contribution in [1.82, 2.24) is 29.8 Å². The van der Waals surface area contributed by atoms with Gasteiger partial charge in [0.15, 0.2) is 0 Å². The maximum atomic E-state index is 12.9. The minimum Gasteiger partial charge on any atom is -0.497 e. The van der Waals surface area contributed by atoms with Crippen molar-refractivity contribution in [2.24, 2.45) is 0 Å². The van der Waals surface area contributed by atoms with Gasteiger partial charge in [-0.1, -0.05) is 12.1 Å². The molecule has 1 aliphatic rings. The van der Waals surface area contributed by atoms with Gasteiger partial charge in [0.2, 0.25) is 11.9 Å². The molecule has 1 atom stereocenters. The van der Waals surface area contributed by atoms with Crippen molar-refractivity contribution in [2.45, 2.75) is 26.3 Å². The fourth-order valence-electron chi connectivity index (χ4n) is 4.09. The molecule has 170 valence electrons. The highest BCUT2D eigenvalue weighted by molar-refractivity contribution is 5.79. The molecule has 3 heterocycles. The molecule has 1 saturated heterocycles. The number of anilines is 1. The fourth-order valence-corrected chi connectivity index (χ4v) is 4.09. The van der Waals surface area contributed by atoms with Gasteiger partial charge >= 0.3 is 0 Å². The Hall–Kier alpha value is -3.24. The van der Waals surface area contributed by atoms with Gasteiger partial charge in [-0.2, -0.15) is 9.50 Å². The van der Waals surface area contributed by atoms with Gasteiger partial charge in [-0.05, 0) is 31.5 Å². The smallest absolute Gasteiger partial charge is 0.254 e. The zero-order valence-corrected chi connectivity index (χ0v) is 18.7. The van der Waals surface area contributed by atoms with Crippen LogP contribution in [0.25, 0.3) is 5.78 Å². The van der Waals surface area contributed by atoms with Crippen LogP contribution in [-0.4, -0.2) is 70.3 Å². The molecule has 1 amide bonds. The van der Waals surface area contributed by atoms with Gasteiger partial charge in [0.05, 0.1) is 32.8 Å². The van der Waals surface area contributed by atoms with Crippen molar-refractivity contribution in [3.05, 3.63) is 46.8 Å². The number of aryl methyl sites for hydroxylation is 2. The third kappa shape index (κ3) is 4.66. The number of fused-ring (bicyclic) bond motifs is 1. The molecule has 3 aromatic rings. The summed E-state index contributed by atoms with van der Waals surface area (Å²) in [6.45, 7) is 7.27. The summed E-state index contributed by atoms with van der Waals surface area (Å²) in [6.07, 6.45) is 0.207. The van der Waals surface area contributed by atoms with E-state index in [1.165, 1.54) is 0 Å². The maximum absolute atomic E-state index is 12.9. The Morgan fingerprint density at radius 1 is 1.22 bits per heavy atom. The van der Waals surface area contributed by atoms with Crippen LogP contribution in [0.4, 0.5) is 5.95 Å². The lowest BCUT2D eigenvalue weighted by molar-refractivity contribution is -0.120. The first-order valence-corrected chi connectivity index (χ1v) is 10.7. The molecule has 10 heteroatoms. The van der Waals surface area contributed by atoms with Crippen molar-refractivity contribution in [2.75, 3.05) is 45.7 Å². The fraction of sp³-hybridized carbons (Fsp3) is 0.455. The van der Waals surface area contributed by atoms with Gasteiger partial charge in [-0.25, -0.2) is 4.98 Å². The zero-order chi connectivity index (χ0) is 22.7. The molecule has 0 spiro atoms. The van der Waals surface area contributed by atoms with Crippen LogP contribution in [0.15, 0.2) is 24.3 Å². The largest absolute Gasteiger partial charge is 0.497 e. The summed E-state index contributed by atoms with van der Waals surface area (Å²) in [5, 5.41) is 7.28. The first-order valence-electron chi connectivity index (χ1n) is 10.7. The SMILES string of the molecule is COc1ccc(C(CNC(=O)Cc2c(C)nc3nc(N)nn3c2C)N2CCOCC2)cc1. The van der Waals surface area contributed by atoms with Gasteiger partial charge in [0, 0.05) is 36.6 Å². The number of morpholine rings is 1. The van der Waals surface area contributed by atoms with Crippen molar-refractivity contribution >= 4 is 17.6 Å². The number of ether oxygens (including phenoxy) is 2. The number of benzene rings is 1. The number of amides is 1. The van der Waals surface area contributed by atoms with E-state index in [0.29, 0.717) is 25.5 Å². The summed E-state index contributed by atoms with van der Waals surface area (Å²) in [7, 11) is 1.65. The molecule has 0 saturated carbocycles. The summed E-state index contributed by atoms with van der Waals surface area (Å²) in [6, 6.07) is 8.04. The minimum atomic E-state index is -0.0720. The molecule has 3 N–H and O–H groups in total. The monoisotopic (exact) mass is 439 g/mol. The standard InChI is InChI=1S/C22H29N7O3/c1-14-18(15(2)29-22(25-14)26-21(23)27-29)12-20(30)24-13-19(28-8-10-32-11-9-28)16-4-6-17(31-3)7-5-16/h4-7,19H,8-13H2,1-3H3,(H2,23,27)(H,24,30). The van der Waals surface area contributed by atoms with Crippen LogP contribution in [-0.2, 0) is 16.0 Å². The van der Waals surface area contributed by atoms with Crippen LogP contribution < -0.4 is 15.8 Å². The summed E-state index contributed by atoms with van der Waals surface area (Å²) >= 11 is 0. The number of rotatable bonds is 7. The van der Waals surface area contributed by atoms with Gasteiger partial charge in [-0.3, -0.25) is 9.69 Å². The van der Waals surface area contributed by atoms with E-state index < -0.39 is 0 Å². The van der Waals surface area contributed by atoms with Crippen LogP contribution in [0, 0.1) is 13.8 Å². The van der Waals surface area contributed by atoms with Crippen molar-refractivity contribution in [3.8, 4) is 5.75 Å². The number of carbonyl (C=O) groups is 1. The molecule has 4 rings (SSSR count). The second kappa shape index (κ2) is 9.49. The number of nitrogen functional groups attached to an aromatic ring is 1. The van der Waals surface area contributed by atoms with E-state index in [4.69, 9.17) is 15.2 Å². The van der Waals surface area contributed by atoms with E-state index in [-0.39, 0.29) is 24.3 Å². The number of hydrogen-bond donors (Lipinski definition) is 2. The molecule has 32 heavy (non-hydrogen) atoms. The first kappa shape index (κ1) is 22.0. The third-order valence-corrected chi connectivity index (χ3v) is 5.88. The average molecular weight is 440 g/mol. The zero-order valence-electron chi connectivity index (χ0n) is 18.7. The quantitative estimate of drug-likeness (QED) is 0.561. The highest BCUT2D eigenvalue weighted by Gasteiger charge is 2.24. The summed E-state index contributed by atoms with van der Waals surface area (Å²) < 4.78 is 12.4. The molecule has 10 nitrogen and oxygen atoms in total. The minimum absolute atomic E-state index is 0.0478. The number of nitrogens with zero attached hydrogens (tertiary/aromatic N) is 5. The number of aromatic nitrogens is 4. The lowest BCUT2D eigenvalue weighted by atomic mass is 10.0. The van der Waals surface area contributed by atoms with Crippen molar-refractivity contribution in [3.63, 3.8) is 0 Å². The molecule has 1 unspecified atom stereocenters. The highest BCUT2D eigenvalue weighted by Crippen LogP contribution is 2.24. The van der Waals surface area contributed by atoms with Crippen LogP contribution in [0.5, 0.6) is 5.75 Å². The van der Waals surface area contributed by atoms with Gasteiger partial charge in [0.1, 0.15) is 5.75 Å². The average Bonchev–Trinajstić information content (AvgIpc) is 3.18. The Morgan fingerprint density at radius 3 is 2.62 bits per heavy atom. The van der Waals surface area contributed by atoms with Crippen LogP contribution in [0.1, 0.15) is 28.6 Å². The topological polar surface area (TPSA) is 120 Å². The van der Waals surface area contributed by atoms with E-state index in [2.05, 4.69) is 25.3 Å². The number of nitrogens with one attached hydrogen (secondary N) is 1. The van der Waals surface area contributed by atoms with Crippen LogP contribution in [0.2, 0.25) is 0 Å². The van der Waals surface area contributed by atoms with E-state index in [0.717, 1.165) is 41.4 Å².